The van der Waals surface area contributed by atoms with Crippen LogP contribution in [0.3, 0.4) is 0 Å². The molecule has 0 bridgehead atoms. The summed E-state index contributed by atoms with van der Waals surface area (Å²) in [6, 6.07) is 7.92. The average Bonchev–Trinajstić information content (AvgIpc) is 2.99. The van der Waals surface area contributed by atoms with Crippen molar-refractivity contribution in [1.29, 1.82) is 0 Å². The monoisotopic (exact) mass is 289 g/mol. The molecule has 0 saturated carbocycles. The van der Waals surface area contributed by atoms with E-state index in [0.29, 0.717) is 12.2 Å². The van der Waals surface area contributed by atoms with E-state index >= 15 is 0 Å². The second-order valence-electron chi connectivity index (χ2n) is 4.55. The van der Waals surface area contributed by atoms with Crippen LogP contribution in [0, 0.1) is 0 Å². The highest BCUT2D eigenvalue weighted by molar-refractivity contribution is 5.77. The highest BCUT2D eigenvalue weighted by atomic mass is 16.5. The summed E-state index contributed by atoms with van der Waals surface area (Å²) in [6.07, 6.45) is 2.67. The molecule has 21 heavy (non-hydrogen) atoms. The third-order valence-corrected chi connectivity index (χ3v) is 3.03. The fourth-order valence-electron chi connectivity index (χ4n) is 1.83. The van der Waals surface area contributed by atoms with Gasteiger partial charge in [0.15, 0.2) is 0 Å². The lowest BCUT2D eigenvalue weighted by Gasteiger charge is -2.03. The third kappa shape index (κ3) is 4.57. The van der Waals surface area contributed by atoms with Gasteiger partial charge in [-0.1, -0.05) is 17.3 Å². The second-order valence-corrected chi connectivity index (χ2v) is 4.55. The average molecular weight is 289 g/mol. The second kappa shape index (κ2) is 7.39. The molecule has 2 rings (SSSR count). The summed E-state index contributed by atoms with van der Waals surface area (Å²) >= 11 is 0. The van der Waals surface area contributed by atoms with Gasteiger partial charge in [0.2, 0.25) is 5.91 Å². The minimum Gasteiger partial charge on any atom is -0.497 e. The molecule has 1 amide bonds. The Morgan fingerprint density at radius 1 is 1.38 bits per heavy atom. The van der Waals surface area contributed by atoms with Crippen molar-refractivity contribution in [3.8, 4) is 5.75 Å². The van der Waals surface area contributed by atoms with E-state index < -0.39 is 0 Å². The number of benzene rings is 1. The van der Waals surface area contributed by atoms with Crippen LogP contribution in [0.4, 0.5) is 0 Å². The molecular weight excluding hydrogens is 270 g/mol. The van der Waals surface area contributed by atoms with E-state index in [1.165, 1.54) is 5.56 Å². The molecule has 0 atom stereocenters. The van der Waals surface area contributed by atoms with E-state index in [-0.39, 0.29) is 12.5 Å². The number of nitrogens with one attached hydrogen (secondary N) is 1. The Balaban J connectivity index is 1.83. The molecule has 1 heterocycles. The molecule has 0 aliphatic rings. The molecule has 0 fully saturated rings. The van der Waals surface area contributed by atoms with Crippen molar-refractivity contribution in [3.05, 3.63) is 41.7 Å². The minimum absolute atomic E-state index is 0.0222. The van der Waals surface area contributed by atoms with Crippen LogP contribution in [-0.4, -0.2) is 34.6 Å². The molecular formula is C14H19N5O2. The van der Waals surface area contributed by atoms with Gasteiger partial charge >= 0.3 is 0 Å². The fraction of sp³-hybridized carbons (Fsp3) is 0.357. The number of aromatic nitrogens is 3. The molecule has 7 heteroatoms. The Morgan fingerprint density at radius 3 is 2.81 bits per heavy atom. The number of methoxy groups -OCH3 is 1. The maximum Gasteiger partial charge on any atom is 0.234 e. The lowest BCUT2D eigenvalue weighted by atomic mass is 10.1. The van der Waals surface area contributed by atoms with E-state index in [4.69, 9.17) is 10.5 Å². The van der Waals surface area contributed by atoms with Crippen LogP contribution in [0.2, 0.25) is 0 Å². The number of hydrogen-bond donors (Lipinski definition) is 2. The summed E-state index contributed by atoms with van der Waals surface area (Å²) < 4.78 is 6.88. The molecule has 3 N–H and O–H groups in total. The third-order valence-electron chi connectivity index (χ3n) is 3.03. The van der Waals surface area contributed by atoms with E-state index in [9.17, 15) is 4.79 Å². The molecule has 0 unspecified atom stereocenters. The molecule has 0 radical (unpaired) electrons. The number of ether oxygens (including phenoxy) is 1. The number of amides is 1. The van der Waals surface area contributed by atoms with Crippen LogP contribution in [0.5, 0.6) is 5.75 Å². The van der Waals surface area contributed by atoms with Gasteiger partial charge in [-0.25, -0.2) is 0 Å². The maximum atomic E-state index is 11.1. The Kier molecular flexibility index (Phi) is 5.28. The van der Waals surface area contributed by atoms with Gasteiger partial charge in [-0.05, 0) is 24.1 Å². The molecule has 1 aromatic carbocycles. The molecule has 0 spiro atoms. The highest BCUT2D eigenvalue weighted by Crippen LogP contribution is 2.12. The summed E-state index contributed by atoms with van der Waals surface area (Å²) in [6.45, 7) is 1.05. The smallest absolute Gasteiger partial charge is 0.234 e. The van der Waals surface area contributed by atoms with E-state index in [0.717, 1.165) is 18.7 Å². The predicted molar refractivity (Wildman–Crippen MR) is 77.6 cm³/mol. The fourth-order valence-corrected chi connectivity index (χ4v) is 1.83. The Hall–Kier alpha value is -2.41. The Bertz CT molecular complexity index is 579. The van der Waals surface area contributed by atoms with Crippen LogP contribution in [0.25, 0.3) is 0 Å². The topological polar surface area (TPSA) is 95.1 Å². The maximum absolute atomic E-state index is 11.1. The molecule has 2 aromatic rings. The van der Waals surface area contributed by atoms with Gasteiger partial charge < -0.3 is 15.8 Å². The van der Waals surface area contributed by atoms with Crippen molar-refractivity contribution in [3.63, 3.8) is 0 Å². The number of carbonyl (C=O) groups excluding carboxylic acids is 1. The van der Waals surface area contributed by atoms with E-state index in [2.05, 4.69) is 15.6 Å². The lowest BCUT2D eigenvalue weighted by Crippen LogP contribution is -2.29. The zero-order valence-electron chi connectivity index (χ0n) is 12.0. The molecule has 0 aliphatic heterocycles. The predicted octanol–water partition coefficient (Wildman–Crippen LogP) is 0.104. The summed E-state index contributed by atoms with van der Waals surface area (Å²) in [5.41, 5.74) is 7.12. The van der Waals surface area contributed by atoms with E-state index in [1.807, 2.05) is 30.5 Å². The Morgan fingerprint density at radius 2 is 2.14 bits per heavy atom. The minimum atomic E-state index is -0.206. The molecule has 112 valence electrons. The van der Waals surface area contributed by atoms with Gasteiger partial charge in [0.1, 0.15) is 11.4 Å². The van der Waals surface area contributed by atoms with Gasteiger partial charge in [0.25, 0.3) is 0 Å². The number of aryl methyl sites for hydroxylation is 2. The number of nitrogens with two attached hydrogens (primary N) is 1. The van der Waals surface area contributed by atoms with Crippen molar-refractivity contribution < 1.29 is 9.53 Å². The molecule has 1 aromatic heterocycles. The van der Waals surface area contributed by atoms with Crippen LogP contribution in [0.15, 0.2) is 30.5 Å². The molecule has 0 saturated heterocycles. The van der Waals surface area contributed by atoms with Crippen molar-refractivity contribution >= 4 is 5.91 Å². The summed E-state index contributed by atoms with van der Waals surface area (Å²) in [4.78, 5) is 11.1. The zero-order valence-corrected chi connectivity index (χ0v) is 12.0. The van der Waals surface area contributed by atoms with Crippen LogP contribution in [0.1, 0.15) is 11.3 Å². The lowest BCUT2D eigenvalue weighted by molar-refractivity contribution is -0.119. The van der Waals surface area contributed by atoms with Crippen LogP contribution >= 0.6 is 0 Å². The first kappa shape index (κ1) is 15.0. The van der Waals surface area contributed by atoms with Crippen LogP contribution < -0.4 is 15.8 Å². The number of carbonyl (C=O) groups is 1. The first-order valence-electron chi connectivity index (χ1n) is 6.70. The van der Waals surface area contributed by atoms with Gasteiger partial charge in [-0.3, -0.25) is 9.48 Å². The first-order chi connectivity index (χ1) is 10.2. The Labute approximate surface area is 123 Å². The summed E-state index contributed by atoms with van der Waals surface area (Å²) in [5, 5.41) is 10.7. The van der Waals surface area contributed by atoms with Crippen LogP contribution in [-0.2, 0) is 24.3 Å². The molecule has 0 aliphatic carbocycles. The largest absolute Gasteiger partial charge is 0.497 e. The van der Waals surface area contributed by atoms with Crippen molar-refractivity contribution in [2.75, 3.05) is 13.7 Å². The van der Waals surface area contributed by atoms with Crippen molar-refractivity contribution in [2.45, 2.75) is 19.5 Å². The highest BCUT2D eigenvalue weighted by Gasteiger charge is 2.03. The van der Waals surface area contributed by atoms with Gasteiger partial charge in [-0.15, -0.1) is 5.10 Å². The summed E-state index contributed by atoms with van der Waals surface area (Å²) in [7, 11) is 1.65. The number of nitrogens with zero attached hydrogens (tertiary/aromatic N) is 3. The van der Waals surface area contributed by atoms with E-state index in [1.54, 1.807) is 11.8 Å². The van der Waals surface area contributed by atoms with Gasteiger partial charge in [0, 0.05) is 6.54 Å². The molecule has 7 nitrogen and oxygen atoms in total. The van der Waals surface area contributed by atoms with Crippen molar-refractivity contribution in [1.82, 2.24) is 20.3 Å². The van der Waals surface area contributed by atoms with Gasteiger partial charge in [-0.2, -0.15) is 0 Å². The van der Waals surface area contributed by atoms with Gasteiger partial charge in [0.05, 0.1) is 26.4 Å². The van der Waals surface area contributed by atoms with Crippen molar-refractivity contribution in [2.24, 2.45) is 5.73 Å². The number of rotatable bonds is 7. The zero-order chi connectivity index (χ0) is 15.1. The quantitative estimate of drug-likeness (QED) is 0.754. The standard InChI is InChI=1S/C14H19N5O2/c1-21-13-4-2-11(3-5-13)6-7-19-10-12(17-18-19)9-16-14(20)8-15/h2-5,10H,6-9,15H2,1H3,(H,16,20). The summed E-state index contributed by atoms with van der Waals surface area (Å²) in [5.74, 6) is 0.639. The normalized spacial score (nSPS) is 10.4. The SMILES string of the molecule is COc1ccc(CCn2cc(CNC(=O)CN)nn2)cc1. The number of hydrogen-bond acceptors (Lipinski definition) is 5. The first-order valence-corrected chi connectivity index (χ1v) is 6.70.